The molecular weight excluding hydrogens is 243 g/mol. The Morgan fingerprint density at radius 2 is 1.80 bits per heavy atom. The van der Waals surface area contributed by atoms with Crippen LogP contribution in [0.5, 0.6) is 5.75 Å². The van der Waals surface area contributed by atoms with Gasteiger partial charge in [0, 0.05) is 0 Å². The molecule has 0 spiro atoms. The molecule has 1 rings (SSSR count). The number of methoxy groups -OCH3 is 1. The summed E-state index contributed by atoms with van der Waals surface area (Å²) < 4.78 is 4.95. The molecule has 0 unspecified atom stereocenters. The number of carbonyl (C=O) groups excluding carboxylic acids is 1. The van der Waals surface area contributed by atoms with Crippen molar-refractivity contribution in [2.75, 3.05) is 14.2 Å². The van der Waals surface area contributed by atoms with Crippen LogP contribution in [0, 0.1) is 0 Å². The van der Waals surface area contributed by atoms with Gasteiger partial charge in [0.15, 0.2) is 5.75 Å². The quantitative estimate of drug-likeness (QED) is 0.612. The van der Waals surface area contributed by atoms with Crippen LogP contribution in [-0.4, -0.2) is 20.2 Å². The van der Waals surface area contributed by atoms with E-state index in [-0.39, 0.29) is 21.4 Å². The maximum atomic E-state index is 11.4. The summed E-state index contributed by atoms with van der Waals surface area (Å²) in [5.41, 5.74) is 0.0357. The fourth-order valence-corrected chi connectivity index (χ4v) is 1.50. The molecule has 0 fully saturated rings. The number of halogens is 2. The summed E-state index contributed by atoms with van der Waals surface area (Å²) in [6.07, 6.45) is 0. The van der Waals surface area contributed by atoms with Gasteiger partial charge < -0.3 is 4.74 Å². The summed E-state index contributed by atoms with van der Waals surface area (Å²) in [5, 5.41) is 0.447. The SMILES string of the molecule is COOC(=O)c1c(Cl)ccc(Cl)c1OC. The zero-order chi connectivity index (χ0) is 11.4. The second-order valence-electron chi connectivity index (χ2n) is 2.47. The number of hydrogen-bond donors (Lipinski definition) is 0. The Kier molecular flexibility index (Phi) is 4.20. The number of ether oxygens (including phenoxy) is 1. The Morgan fingerprint density at radius 1 is 1.20 bits per heavy atom. The van der Waals surface area contributed by atoms with E-state index in [1.54, 1.807) is 0 Å². The van der Waals surface area contributed by atoms with Crippen LogP contribution in [0.4, 0.5) is 0 Å². The van der Waals surface area contributed by atoms with Gasteiger partial charge in [0.2, 0.25) is 0 Å². The second kappa shape index (κ2) is 5.21. The molecule has 0 amide bonds. The largest absolute Gasteiger partial charge is 0.494 e. The van der Waals surface area contributed by atoms with E-state index < -0.39 is 5.97 Å². The minimum absolute atomic E-state index is 0.0357. The number of benzene rings is 1. The first-order valence-corrected chi connectivity index (χ1v) is 4.64. The molecule has 0 radical (unpaired) electrons. The Balaban J connectivity index is 3.24. The molecule has 15 heavy (non-hydrogen) atoms. The van der Waals surface area contributed by atoms with Crippen molar-refractivity contribution >= 4 is 29.2 Å². The zero-order valence-electron chi connectivity index (χ0n) is 8.04. The van der Waals surface area contributed by atoms with E-state index in [4.69, 9.17) is 27.9 Å². The van der Waals surface area contributed by atoms with Crippen LogP contribution < -0.4 is 4.74 Å². The highest BCUT2D eigenvalue weighted by atomic mass is 35.5. The topological polar surface area (TPSA) is 44.8 Å². The maximum absolute atomic E-state index is 11.4. The third kappa shape index (κ3) is 2.53. The Labute approximate surface area is 96.6 Å². The average Bonchev–Trinajstić information content (AvgIpc) is 2.21. The van der Waals surface area contributed by atoms with Crippen molar-refractivity contribution < 1.29 is 19.3 Å². The van der Waals surface area contributed by atoms with E-state index >= 15 is 0 Å². The molecule has 1 aromatic rings. The molecule has 0 atom stereocenters. The summed E-state index contributed by atoms with van der Waals surface area (Å²) in [7, 11) is 2.59. The first kappa shape index (κ1) is 12.1. The van der Waals surface area contributed by atoms with E-state index in [1.807, 2.05) is 0 Å². The highest BCUT2D eigenvalue weighted by molar-refractivity contribution is 6.37. The van der Waals surface area contributed by atoms with E-state index in [0.29, 0.717) is 0 Å². The molecule has 6 heteroatoms. The molecular formula is C9H8Cl2O4. The number of hydrogen-bond acceptors (Lipinski definition) is 4. The molecule has 0 aromatic heterocycles. The maximum Gasteiger partial charge on any atom is 0.378 e. The minimum atomic E-state index is -0.762. The highest BCUT2D eigenvalue weighted by Gasteiger charge is 2.21. The Bertz CT molecular complexity index is 379. The molecule has 0 N–H and O–H groups in total. The fourth-order valence-electron chi connectivity index (χ4n) is 1.04. The molecule has 0 saturated carbocycles. The lowest BCUT2D eigenvalue weighted by molar-refractivity contribution is -0.216. The first-order chi connectivity index (χ1) is 7.11. The summed E-state index contributed by atoms with van der Waals surface area (Å²) in [5.74, 6) is -0.604. The lowest BCUT2D eigenvalue weighted by Gasteiger charge is -2.09. The van der Waals surface area contributed by atoms with Crippen molar-refractivity contribution in [3.63, 3.8) is 0 Å². The average molecular weight is 251 g/mol. The zero-order valence-corrected chi connectivity index (χ0v) is 9.56. The Hall–Kier alpha value is -0.970. The van der Waals surface area contributed by atoms with Gasteiger partial charge in [-0.3, -0.25) is 4.89 Å². The predicted octanol–water partition coefficient (Wildman–Crippen LogP) is 2.72. The first-order valence-electron chi connectivity index (χ1n) is 3.88. The standard InChI is InChI=1S/C9H8Cl2O4/c1-13-8-6(11)4-3-5(10)7(8)9(12)15-14-2/h3-4H,1-2H3. The minimum Gasteiger partial charge on any atom is -0.494 e. The van der Waals surface area contributed by atoms with E-state index in [9.17, 15) is 4.79 Å². The summed E-state index contributed by atoms with van der Waals surface area (Å²) in [6.45, 7) is 0. The molecule has 82 valence electrons. The summed E-state index contributed by atoms with van der Waals surface area (Å²) in [6, 6.07) is 2.99. The van der Waals surface area contributed by atoms with Crippen LogP contribution in [0.3, 0.4) is 0 Å². The van der Waals surface area contributed by atoms with Gasteiger partial charge in [-0.1, -0.05) is 23.2 Å². The van der Waals surface area contributed by atoms with Gasteiger partial charge in [0.1, 0.15) is 5.56 Å². The number of rotatable bonds is 3. The monoisotopic (exact) mass is 250 g/mol. The van der Waals surface area contributed by atoms with E-state index in [0.717, 1.165) is 0 Å². The molecule has 0 bridgehead atoms. The Morgan fingerprint density at radius 3 is 2.33 bits per heavy atom. The van der Waals surface area contributed by atoms with Crippen LogP contribution >= 0.6 is 23.2 Å². The van der Waals surface area contributed by atoms with Crippen molar-refractivity contribution in [3.8, 4) is 5.75 Å². The number of carbonyl (C=O) groups is 1. The van der Waals surface area contributed by atoms with Gasteiger partial charge in [0.05, 0.1) is 24.3 Å². The van der Waals surface area contributed by atoms with Crippen molar-refractivity contribution in [1.82, 2.24) is 0 Å². The van der Waals surface area contributed by atoms with Gasteiger partial charge in [-0.15, -0.1) is 0 Å². The molecule has 4 nitrogen and oxygen atoms in total. The smallest absolute Gasteiger partial charge is 0.378 e. The lowest BCUT2D eigenvalue weighted by atomic mass is 10.2. The predicted molar refractivity (Wildman–Crippen MR) is 55.4 cm³/mol. The van der Waals surface area contributed by atoms with Crippen molar-refractivity contribution in [2.45, 2.75) is 0 Å². The highest BCUT2D eigenvalue weighted by Crippen LogP contribution is 2.34. The van der Waals surface area contributed by atoms with Gasteiger partial charge in [-0.05, 0) is 12.1 Å². The summed E-state index contributed by atoms with van der Waals surface area (Å²) >= 11 is 11.6. The summed E-state index contributed by atoms with van der Waals surface area (Å²) in [4.78, 5) is 20.0. The molecule has 1 aromatic carbocycles. The van der Waals surface area contributed by atoms with Crippen LogP contribution in [0.1, 0.15) is 10.4 Å². The molecule has 0 aliphatic heterocycles. The third-order valence-corrected chi connectivity index (χ3v) is 2.24. The van der Waals surface area contributed by atoms with Crippen molar-refractivity contribution in [3.05, 3.63) is 27.7 Å². The van der Waals surface area contributed by atoms with Crippen LogP contribution in [0.15, 0.2) is 12.1 Å². The van der Waals surface area contributed by atoms with Gasteiger partial charge in [-0.2, -0.15) is 4.89 Å². The van der Waals surface area contributed by atoms with Crippen LogP contribution in [0.25, 0.3) is 0 Å². The van der Waals surface area contributed by atoms with E-state index in [1.165, 1.54) is 26.4 Å². The molecule has 0 aliphatic rings. The van der Waals surface area contributed by atoms with Gasteiger partial charge in [-0.25, -0.2) is 4.79 Å². The van der Waals surface area contributed by atoms with E-state index in [2.05, 4.69) is 9.78 Å². The van der Waals surface area contributed by atoms with Crippen LogP contribution in [0.2, 0.25) is 10.0 Å². The van der Waals surface area contributed by atoms with Crippen LogP contribution in [-0.2, 0) is 9.78 Å². The van der Waals surface area contributed by atoms with Crippen molar-refractivity contribution in [1.29, 1.82) is 0 Å². The molecule has 0 saturated heterocycles. The van der Waals surface area contributed by atoms with Gasteiger partial charge in [0.25, 0.3) is 0 Å². The van der Waals surface area contributed by atoms with Gasteiger partial charge >= 0.3 is 5.97 Å². The molecule has 0 heterocycles. The lowest BCUT2D eigenvalue weighted by Crippen LogP contribution is -2.07. The molecule has 0 aliphatic carbocycles. The van der Waals surface area contributed by atoms with Crippen molar-refractivity contribution in [2.24, 2.45) is 0 Å². The fraction of sp³-hybridized carbons (Fsp3) is 0.222. The normalized spacial score (nSPS) is 9.87. The second-order valence-corrected chi connectivity index (χ2v) is 3.29. The third-order valence-electron chi connectivity index (χ3n) is 1.63.